The number of carbonyl (C=O) groups excluding carboxylic acids is 1. The van der Waals surface area contributed by atoms with Crippen molar-refractivity contribution in [3.05, 3.63) is 79.5 Å². The fourth-order valence-corrected chi connectivity index (χ4v) is 5.21. The van der Waals surface area contributed by atoms with Crippen LogP contribution in [-0.2, 0) is 0 Å². The first-order chi connectivity index (χ1) is 17.7. The summed E-state index contributed by atoms with van der Waals surface area (Å²) in [4.78, 5) is 40.0. The summed E-state index contributed by atoms with van der Waals surface area (Å²) in [6.45, 7) is 2.08. The van der Waals surface area contributed by atoms with E-state index in [9.17, 15) is 28.5 Å². The number of carbonyl (C=O) groups is 1. The molecule has 2 aromatic heterocycles. The van der Waals surface area contributed by atoms with Crippen LogP contribution in [0.2, 0.25) is 0 Å². The monoisotopic (exact) mass is 515 g/mol. The van der Waals surface area contributed by atoms with Crippen molar-refractivity contribution < 1.29 is 22.9 Å². The zero-order valence-corrected chi connectivity index (χ0v) is 19.8. The van der Waals surface area contributed by atoms with Crippen molar-refractivity contribution in [1.29, 1.82) is 0 Å². The lowest BCUT2D eigenvalue weighted by Crippen LogP contribution is -2.46. The van der Waals surface area contributed by atoms with Gasteiger partial charge in [0.05, 0.1) is 22.3 Å². The molecule has 2 saturated heterocycles. The molecule has 0 spiro atoms. The Hall–Kier alpha value is -3.64. The second-order valence-electron chi connectivity index (χ2n) is 9.39. The number of Topliss-reactive ketones (excluding diaryl/α,β-unsaturated/α-hetero) is 1. The maximum atomic E-state index is 15.4. The van der Waals surface area contributed by atoms with Crippen LogP contribution in [0.5, 0.6) is 0 Å². The van der Waals surface area contributed by atoms with Crippen molar-refractivity contribution in [2.75, 3.05) is 32.7 Å². The van der Waals surface area contributed by atoms with Crippen LogP contribution in [0.15, 0.2) is 35.3 Å². The minimum absolute atomic E-state index is 0.108. The molecule has 9 nitrogen and oxygen atoms in total. The number of ketones is 1. The van der Waals surface area contributed by atoms with E-state index in [4.69, 9.17) is 0 Å². The summed E-state index contributed by atoms with van der Waals surface area (Å²) in [5.41, 5.74) is -1.81. The molecule has 4 heterocycles. The highest BCUT2D eigenvalue weighted by atomic mass is 19.1. The van der Waals surface area contributed by atoms with E-state index in [1.54, 1.807) is 0 Å². The Labute approximate surface area is 209 Å². The van der Waals surface area contributed by atoms with Gasteiger partial charge in [-0.05, 0) is 43.9 Å². The van der Waals surface area contributed by atoms with Crippen molar-refractivity contribution in [2.24, 2.45) is 0 Å². The molecule has 37 heavy (non-hydrogen) atoms. The van der Waals surface area contributed by atoms with Gasteiger partial charge in [0.25, 0.3) is 6.54 Å². The topological polar surface area (TPSA) is 102 Å². The molecule has 2 fully saturated rings. The Balaban J connectivity index is 1.67. The lowest BCUT2D eigenvalue weighted by Gasteiger charge is -2.38. The highest BCUT2D eigenvalue weighted by molar-refractivity contribution is 5.99. The Bertz CT molecular complexity index is 1450. The van der Waals surface area contributed by atoms with E-state index >= 15 is 4.39 Å². The van der Waals surface area contributed by atoms with Crippen LogP contribution in [0.1, 0.15) is 47.7 Å². The normalized spacial score (nSPS) is 18.9. The van der Waals surface area contributed by atoms with Gasteiger partial charge in [-0.25, -0.2) is 28.2 Å². The van der Waals surface area contributed by atoms with E-state index in [-0.39, 0.29) is 28.3 Å². The minimum Gasteiger partial charge on any atom is -0.297 e. The maximum Gasteiger partial charge on any atom is 0.266 e. The number of nitrogens with zero attached hydrogens (tertiary/aromatic N) is 5. The molecule has 3 aromatic rings. The lowest BCUT2D eigenvalue weighted by molar-refractivity contribution is -0.465. The third-order valence-corrected chi connectivity index (χ3v) is 6.97. The van der Waals surface area contributed by atoms with Crippen molar-refractivity contribution in [3.8, 4) is 5.69 Å². The summed E-state index contributed by atoms with van der Waals surface area (Å²) in [5.74, 6) is -4.02. The minimum atomic E-state index is -1.17. The van der Waals surface area contributed by atoms with Crippen LogP contribution in [0.25, 0.3) is 16.7 Å². The quantitative estimate of drug-likeness (QED) is 0.282. The van der Waals surface area contributed by atoms with Gasteiger partial charge in [0.15, 0.2) is 0 Å². The maximum absolute atomic E-state index is 15.4. The number of benzene rings is 1. The van der Waals surface area contributed by atoms with Crippen molar-refractivity contribution in [1.82, 2.24) is 19.6 Å². The summed E-state index contributed by atoms with van der Waals surface area (Å²) < 4.78 is 44.9. The summed E-state index contributed by atoms with van der Waals surface area (Å²) in [7, 11) is 0. The number of hydrogen-bond acceptors (Lipinski definition) is 7. The number of rotatable bonds is 6. The Morgan fingerprint density at radius 3 is 2.49 bits per heavy atom. The number of hydrogen-bond donors (Lipinski definition) is 0. The molecule has 0 bridgehead atoms. The van der Waals surface area contributed by atoms with Gasteiger partial charge in [0.2, 0.25) is 11.2 Å². The zero-order valence-electron chi connectivity index (χ0n) is 19.8. The number of hydrazine groups is 1. The lowest BCUT2D eigenvalue weighted by atomic mass is 9.94. The SMILES string of the molecule is O=C(C[N+](=O)[O-])c1cn(-c2ccc(F)cc2F)c2nc(C3CCCN(N4CCCC4)C3)c(F)cc2c1=O. The molecule has 0 aliphatic carbocycles. The molecule has 0 N–H and O–H groups in total. The van der Waals surface area contributed by atoms with Gasteiger partial charge in [-0.3, -0.25) is 24.3 Å². The third-order valence-electron chi connectivity index (χ3n) is 6.97. The molecule has 5 rings (SSSR count). The fourth-order valence-electron chi connectivity index (χ4n) is 5.21. The zero-order chi connectivity index (χ0) is 26.3. The van der Waals surface area contributed by atoms with Gasteiger partial charge in [-0.2, -0.15) is 0 Å². The van der Waals surface area contributed by atoms with Crippen molar-refractivity contribution in [3.63, 3.8) is 0 Å². The summed E-state index contributed by atoms with van der Waals surface area (Å²) in [6.07, 6.45) is 4.62. The van der Waals surface area contributed by atoms with Gasteiger partial charge in [0, 0.05) is 49.3 Å². The Morgan fingerprint density at radius 1 is 1.05 bits per heavy atom. The van der Waals surface area contributed by atoms with Crippen LogP contribution in [-0.4, -0.2) is 63.0 Å². The molecule has 2 aliphatic rings. The smallest absolute Gasteiger partial charge is 0.266 e. The number of piperidine rings is 1. The molecule has 194 valence electrons. The van der Waals surface area contributed by atoms with Crippen LogP contribution in [0.4, 0.5) is 13.2 Å². The van der Waals surface area contributed by atoms with E-state index in [1.807, 2.05) is 0 Å². The van der Waals surface area contributed by atoms with Gasteiger partial charge in [0.1, 0.15) is 23.1 Å². The molecule has 0 radical (unpaired) electrons. The third kappa shape index (κ3) is 4.86. The molecule has 2 aliphatic heterocycles. The molecule has 1 unspecified atom stereocenters. The average molecular weight is 515 g/mol. The molecule has 0 amide bonds. The van der Waals surface area contributed by atoms with Gasteiger partial charge < -0.3 is 0 Å². The predicted molar refractivity (Wildman–Crippen MR) is 128 cm³/mol. The molecule has 12 heteroatoms. The Morgan fingerprint density at radius 2 is 1.78 bits per heavy atom. The van der Waals surface area contributed by atoms with E-state index < -0.39 is 45.7 Å². The standard InChI is InChI=1S/C25H24F3N5O4/c26-16-5-6-21(19(27)10-16)32-13-18(22(34)14-33(36)37)24(35)17-11-20(28)23(29-25(17)32)15-4-3-9-31(12-15)30-7-1-2-8-30/h5-6,10-11,13,15H,1-4,7-9,12,14H2. The van der Waals surface area contributed by atoms with Crippen molar-refractivity contribution >= 4 is 16.8 Å². The molecule has 1 aromatic carbocycles. The van der Waals surface area contributed by atoms with Crippen LogP contribution >= 0.6 is 0 Å². The van der Waals surface area contributed by atoms with Crippen molar-refractivity contribution in [2.45, 2.75) is 31.6 Å². The fraction of sp³-hybridized carbons (Fsp3) is 0.400. The van der Waals surface area contributed by atoms with Gasteiger partial charge in [-0.1, -0.05) is 0 Å². The molecular weight excluding hydrogens is 491 g/mol. The summed E-state index contributed by atoms with van der Waals surface area (Å²) >= 11 is 0. The molecular formula is C25H24F3N5O4. The summed E-state index contributed by atoms with van der Waals surface area (Å²) in [6, 6.07) is 3.66. The second-order valence-corrected chi connectivity index (χ2v) is 9.39. The number of halogens is 3. The highest BCUT2D eigenvalue weighted by Gasteiger charge is 2.31. The highest BCUT2D eigenvalue weighted by Crippen LogP contribution is 2.31. The first-order valence-corrected chi connectivity index (χ1v) is 12.1. The summed E-state index contributed by atoms with van der Waals surface area (Å²) in [5, 5.41) is 15.0. The van der Waals surface area contributed by atoms with Crippen LogP contribution in [0.3, 0.4) is 0 Å². The predicted octanol–water partition coefficient (Wildman–Crippen LogP) is 3.45. The average Bonchev–Trinajstić information content (AvgIpc) is 3.39. The van der Waals surface area contributed by atoms with E-state index in [0.717, 1.165) is 67.9 Å². The van der Waals surface area contributed by atoms with E-state index in [1.165, 1.54) is 0 Å². The van der Waals surface area contributed by atoms with Gasteiger partial charge in [-0.15, -0.1) is 0 Å². The number of pyridine rings is 2. The second kappa shape index (κ2) is 10.0. The number of fused-ring (bicyclic) bond motifs is 1. The Kier molecular flexibility index (Phi) is 6.78. The first kappa shape index (κ1) is 25.0. The van der Waals surface area contributed by atoms with Gasteiger partial charge >= 0.3 is 0 Å². The molecule has 1 atom stereocenters. The van der Waals surface area contributed by atoms with E-state index in [0.29, 0.717) is 19.0 Å². The van der Waals surface area contributed by atoms with E-state index in [2.05, 4.69) is 15.0 Å². The largest absolute Gasteiger partial charge is 0.297 e. The number of aromatic nitrogens is 2. The number of nitro groups is 1. The van der Waals surface area contributed by atoms with Crippen LogP contribution < -0.4 is 5.43 Å². The molecule has 0 saturated carbocycles. The first-order valence-electron chi connectivity index (χ1n) is 12.1. The van der Waals surface area contributed by atoms with Crippen LogP contribution in [0, 0.1) is 27.6 Å².